The van der Waals surface area contributed by atoms with E-state index in [4.69, 9.17) is 5.11 Å². The minimum Gasteiger partial charge on any atom is -0.512 e. The van der Waals surface area contributed by atoms with Crippen LogP contribution < -0.4 is 0 Å². The third-order valence-corrected chi connectivity index (χ3v) is 6.84. The van der Waals surface area contributed by atoms with Crippen LogP contribution in [0.3, 0.4) is 0 Å². The number of hydrogen-bond acceptors (Lipinski definition) is 2. The van der Waals surface area contributed by atoms with Gasteiger partial charge in [-0.2, -0.15) is 11.8 Å². The Kier molecular flexibility index (Phi) is 7.57. The normalized spacial score (nSPS) is 41.1. The first kappa shape index (κ1) is 22.5. The van der Waals surface area contributed by atoms with E-state index in [1.54, 1.807) is 0 Å². The number of rotatable bonds is 2. The molecule has 0 aliphatic heterocycles. The molecule has 1 radical (unpaired) electrons. The van der Waals surface area contributed by atoms with Crippen molar-refractivity contribution in [2.45, 2.75) is 33.1 Å². The summed E-state index contributed by atoms with van der Waals surface area (Å²) in [5.41, 5.74) is 0. The zero-order chi connectivity index (χ0) is 19.7. The molecule has 0 saturated heterocycles. The second kappa shape index (κ2) is 9.75. The fraction of sp³-hybridized carbons (Fsp3) is 0.500. The molecule has 6 atom stereocenters. The number of aliphatic hydroxyl groups is 1. The van der Waals surface area contributed by atoms with E-state index in [0.29, 0.717) is 0 Å². The molecule has 0 aromatic carbocycles. The van der Waals surface area contributed by atoms with E-state index in [2.05, 4.69) is 61.4 Å². The molecule has 6 unspecified atom stereocenters. The molecule has 29 heavy (non-hydrogen) atoms. The van der Waals surface area contributed by atoms with Crippen LogP contribution in [0.15, 0.2) is 60.4 Å². The second-order valence-corrected chi connectivity index (χ2v) is 9.17. The quantitative estimate of drug-likeness (QED) is 0.197. The van der Waals surface area contributed by atoms with Crippen molar-refractivity contribution in [3.8, 4) is 0 Å². The molecule has 6 aliphatic rings. The van der Waals surface area contributed by atoms with Gasteiger partial charge in [0, 0.05) is 26.2 Å². The van der Waals surface area contributed by atoms with Crippen LogP contribution in [0.2, 0.25) is 0 Å². The van der Waals surface area contributed by atoms with Gasteiger partial charge >= 0.3 is 0 Å². The molecule has 159 valence electrons. The van der Waals surface area contributed by atoms with Gasteiger partial charge in [-0.25, -0.2) is 0 Å². The molecule has 6 bridgehead atoms. The van der Waals surface area contributed by atoms with Crippen molar-refractivity contribution in [2.75, 3.05) is 0 Å². The van der Waals surface area contributed by atoms with Crippen molar-refractivity contribution >= 4 is 5.78 Å². The van der Waals surface area contributed by atoms with Gasteiger partial charge in [0.1, 0.15) is 0 Å². The monoisotopic (exact) mass is 569 g/mol. The molecule has 1 N–H and O–H groups in total. The van der Waals surface area contributed by atoms with Crippen LogP contribution in [0.1, 0.15) is 33.1 Å². The van der Waals surface area contributed by atoms with E-state index in [-0.39, 0.29) is 31.6 Å². The molecular weight excluding hydrogens is 537 g/mol. The Bertz CT molecular complexity index is 680. The first-order chi connectivity index (χ1) is 13.5. The second-order valence-electron chi connectivity index (χ2n) is 9.17. The Labute approximate surface area is 189 Å². The Hall–Kier alpha value is -1.18. The van der Waals surface area contributed by atoms with E-state index >= 15 is 0 Å². The van der Waals surface area contributed by atoms with Crippen molar-refractivity contribution < 1.29 is 30.0 Å². The number of ketones is 1. The van der Waals surface area contributed by atoms with Gasteiger partial charge in [-0.15, -0.1) is 24.0 Å². The molecule has 0 spiro atoms. The van der Waals surface area contributed by atoms with Crippen LogP contribution in [-0.2, 0) is 24.9 Å². The molecule has 3 heteroatoms. The Balaban J connectivity index is 0.000000137. The van der Waals surface area contributed by atoms with Crippen LogP contribution >= 0.6 is 0 Å². The molecule has 0 aromatic heterocycles. The fourth-order valence-electron chi connectivity index (χ4n) is 5.68. The summed E-state index contributed by atoms with van der Waals surface area (Å²) in [5.74, 6) is 6.73. The molecule has 0 heterocycles. The summed E-state index contributed by atoms with van der Waals surface area (Å²) in [6.07, 6.45) is 29.5. The van der Waals surface area contributed by atoms with E-state index in [0.717, 1.165) is 47.3 Å². The third kappa shape index (κ3) is 5.50. The number of aliphatic hydroxyl groups excluding tert-OH is 1. The summed E-state index contributed by atoms with van der Waals surface area (Å²) >= 11 is 0. The smallest absolute Gasteiger partial charge is 0.155 e. The van der Waals surface area contributed by atoms with Gasteiger partial charge in [0.25, 0.3) is 0 Å². The standard InChI is InChI=1S/C14H16.C7H8.C5H8O2.Ir/c1-3-11-5-9(1)7-13(11)14-8-10-2-4-12(14)6-10;1-2-7-4-3-6(1)5-7;1-4(6)3-5(2)7;/h1-4,7-14H,5-6H2;1-4,6-7H,5H2;3,6H,1-2H3;/q-2;;;/b;;4-3-;. The largest absolute Gasteiger partial charge is 0.512 e. The van der Waals surface area contributed by atoms with Crippen molar-refractivity contribution in [2.24, 2.45) is 47.3 Å². The predicted octanol–water partition coefficient (Wildman–Crippen LogP) is 5.82. The molecule has 6 rings (SSSR count). The van der Waals surface area contributed by atoms with Gasteiger partial charge in [0.2, 0.25) is 0 Å². The Morgan fingerprint density at radius 3 is 1.41 bits per heavy atom. The summed E-state index contributed by atoms with van der Waals surface area (Å²) in [6, 6.07) is 0. The molecule has 2 fully saturated rings. The van der Waals surface area contributed by atoms with E-state index in [1.165, 1.54) is 39.2 Å². The predicted molar refractivity (Wildman–Crippen MR) is 114 cm³/mol. The summed E-state index contributed by atoms with van der Waals surface area (Å²) in [5, 5.41) is 8.36. The zero-order valence-electron chi connectivity index (χ0n) is 17.3. The van der Waals surface area contributed by atoms with Crippen molar-refractivity contribution in [3.63, 3.8) is 0 Å². The third-order valence-electron chi connectivity index (χ3n) is 6.84. The van der Waals surface area contributed by atoms with E-state index in [1.807, 2.05) is 0 Å². The maximum absolute atomic E-state index is 10.0. The average Bonchev–Trinajstić information content (AvgIpc) is 3.50. The molecule has 2 saturated carbocycles. The summed E-state index contributed by atoms with van der Waals surface area (Å²) in [7, 11) is 0. The van der Waals surface area contributed by atoms with Crippen LogP contribution in [0, 0.1) is 60.2 Å². The maximum Gasteiger partial charge on any atom is 0.155 e. The zero-order valence-corrected chi connectivity index (χ0v) is 19.7. The fourth-order valence-corrected chi connectivity index (χ4v) is 5.68. The molecular formula is C26H32IrO2-2. The summed E-state index contributed by atoms with van der Waals surface area (Å²) in [4.78, 5) is 10.0. The van der Waals surface area contributed by atoms with Crippen LogP contribution in [-0.4, -0.2) is 10.9 Å². The number of allylic oxidation sites excluding steroid dienone is 10. The maximum atomic E-state index is 10.0. The Morgan fingerprint density at radius 2 is 1.24 bits per heavy atom. The molecule has 0 amide bonds. The average molecular weight is 569 g/mol. The van der Waals surface area contributed by atoms with Gasteiger partial charge in [-0.1, -0.05) is 61.1 Å². The topological polar surface area (TPSA) is 37.3 Å². The van der Waals surface area contributed by atoms with Gasteiger partial charge in [0.15, 0.2) is 5.78 Å². The first-order valence-electron chi connectivity index (χ1n) is 10.8. The van der Waals surface area contributed by atoms with Gasteiger partial charge in [-0.05, 0) is 32.1 Å². The summed E-state index contributed by atoms with van der Waals surface area (Å²) < 4.78 is 0. The number of carbonyl (C=O) groups excluding carboxylic acids is 1. The van der Waals surface area contributed by atoms with Gasteiger partial charge in [-0.3, -0.25) is 4.79 Å². The van der Waals surface area contributed by atoms with Gasteiger partial charge in [0.05, 0.1) is 5.76 Å². The SMILES string of the molecule is C1=CC2C=CC1C2.C1=CC2CC1[CH-]C2C1[CH-]C2C=CC1C2.CC(=O)/C=C(/C)O.[Ir]. The molecule has 6 aliphatic carbocycles. The van der Waals surface area contributed by atoms with Gasteiger partial charge < -0.3 is 17.9 Å². The van der Waals surface area contributed by atoms with Crippen molar-refractivity contribution in [1.29, 1.82) is 0 Å². The van der Waals surface area contributed by atoms with E-state index < -0.39 is 0 Å². The molecule has 2 nitrogen and oxygen atoms in total. The number of hydrogen-bond donors (Lipinski definition) is 1. The minimum atomic E-state index is -0.125. The number of fused-ring (bicyclic) bond motifs is 6. The summed E-state index contributed by atoms with van der Waals surface area (Å²) in [6.45, 7) is 2.85. The van der Waals surface area contributed by atoms with E-state index in [9.17, 15) is 4.79 Å². The number of carbonyl (C=O) groups is 1. The minimum absolute atomic E-state index is 0. The molecule has 0 aromatic rings. The van der Waals surface area contributed by atoms with Crippen molar-refractivity contribution in [3.05, 3.63) is 73.3 Å². The Morgan fingerprint density at radius 1 is 0.793 bits per heavy atom. The van der Waals surface area contributed by atoms with Crippen LogP contribution in [0.4, 0.5) is 0 Å². The van der Waals surface area contributed by atoms with Crippen LogP contribution in [0.5, 0.6) is 0 Å². The van der Waals surface area contributed by atoms with Crippen LogP contribution in [0.25, 0.3) is 0 Å². The first-order valence-corrected chi connectivity index (χ1v) is 10.8. The van der Waals surface area contributed by atoms with Crippen molar-refractivity contribution in [1.82, 2.24) is 0 Å².